The van der Waals surface area contributed by atoms with Crippen molar-refractivity contribution in [2.24, 2.45) is 0 Å². The van der Waals surface area contributed by atoms with E-state index in [0.717, 1.165) is 5.01 Å². The molecule has 4 nitrogen and oxygen atoms in total. The number of rotatable bonds is 6. The summed E-state index contributed by atoms with van der Waals surface area (Å²) in [4.78, 5) is 4.65. The second-order valence-corrected chi connectivity index (χ2v) is 7.72. The van der Waals surface area contributed by atoms with E-state index in [9.17, 15) is 8.42 Å². The highest BCUT2D eigenvalue weighted by molar-refractivity contribution is 7.91. The van der Waals surface area contributed by atoms with Crippen LogP contribution < -0.4 is 5.32 Å². The molecule has 1 aromatic carbocycles. The molecule has 0 saturated carbocycles. The Morgan fingerprint density at radius 2 is 2.10 bits per heavy atom. The largest absolute Gasteiger partial charge is 0.383 e. The zero-order chi connectivity index (χ0) is 14.6. The van der Waals surface area contributed by atoms with Crippen molar-refractivity contribution in [3.8, 4) is 0 Å². The van der Waals surface area contributed by atoms with Crippen molar-refractivity contribution >= 4 is 26.9 Å². The number of aromatic nitrogens is 1. The molecule has 0 saturated heterocycles. The minimum absolute atomic E-state index is 0.105. The smallest absolute Gasteiger partial charge is 0.180 e. The van der Waals surface area contributed by atoms with Crippen LogP contribution >= 0.6 is 11.3 Å². The Balaban J connectivity index is 2.14. The van der Waals surface area contributed by atoms with E-state index >= 15 is 0 Å². The van der Waals surface area contributed by atoms with Crippen LogP contribution in [0.5, 0.6) is 0 Å². The average Bonchev–Trinajstić information content (AvgIpc) is 2.99. The first-order valence-electron chi connectivity index (χ1n) is 6.49. The van der Waals surface area contributed by atoms with Crippen LogP contribution in [0.15, 0.2) is 40.7 Å². The Bertz CT molecular complexity index is 652. The summed E-state index contributed by atoms with van der Waals surface area (Å²) in [5.74, 6) is 0.348. The summed E-state index contributed by atoms with van der Waals surface area (Å²) in [6.45, 7) is 4.39. The summed E-state index contributed by atoms with van der Waals surface area (Å²) in [6, 6.07) is 7.04. The first-order valence-corrected chi connectivity index (χ1v) is 9.03. The molecule has 0 bridgehead atoms. The fraction of sp³-hybridized carbons (Fsp3) is 0.357. The zero-order valence-electron chi connectivity index (χ0n) is 11.5. The van der Waals surface area contributed by atoms with Gasteiger partial charge in [0.1, 0.15) is 0 Å². The molecule has 1 atom stereocenters. The maximum absolute atomic E-state index is 12.0. The Morgan fingerprint density at radius 1 is 1.35 bits per heavy atom. The highest BCUT2D eigenvalue weighted by Gasteiger charge is 2.16. The Morgan fingerprint density at radius 3 is 2.75 bits per heavy atom. The quantitative estimate of drug-likeness (QED) is 0.890. The number of nitrogens with one attached hydrogen (secondary N) is 1. The lowest BCUT2D eigenvalue weighted by molar-refractivity contribution is 0.597. The molecule has 108 valence electrons. The lowest BCUT2D eigenvalue weighted by atomic mass is 10.2. The van der Waals surface area contributed by atoms with Gasteiger partial charge in [-0.05, 0) is 12.1 Å². The molecule has 0 amide bonds. The maximum atomic E-state index is 12.0. The van der Waals surface area contributed by atoms with Gasteiger partial charge < -0.3 is 5.32 Å². The predicted octanol–water partition coefficient (Wildman–Crippen LogP) is 3.15. The number of anilines is 1. The molecule has 0 spiro atoms. The molecule has 0 aliphatic carbocycles. The van der Waals surface area contributed by atoms with Crippen LogP contribution in [0.25, 0.3) is 0 Å². The summed E-state index contributed by atoms with van der Waals surface area (Å²) < 4.78 is 24.1. The molecule has 20 heavy (non-hydrogen) atoms. The van der Waals surface area contributed by atoms with E-state index in [2.05, 4.69) is 17.2 Å². The van der Waals surface area contributed by atoms with Crippen LogP contribution in [0.1, 0.15) is 24.8 Å². The Labute approximate surface area is 123 Å². The maximum Gasteiger partial charge on any atom is 0.180 e. The predicted molar refractivity (Wildman–Crippen MR) is 83.2 cm³/mol. The third-order valence-corrected chi connectivity index (χ3v) is 5.87. The van der Waals surface area contributed by atoms with Crippen molar-refractivity contribution in [3.05, 3.63) is 40.8 Å². The van der Waals surface area contributed by atoms with E-state index < -0.39 is 9.84 Å². The molecule has 0 aliphatic rings. The van der Waals surface area contributed by atoms with Gasteiger partial charge >= 0.3 is 0 Å². The summed E-state index contributed by atoms with van der Waals surface area (Å²) in [6.07, 6.45) is 1.78. The summed E-state index contributed by atoms with van der Waals surface area (Å²) in [5, 5.41) is 6.22. The molecular weight excluding hydrogens is 292 g/mol. The molecule has 1 N–H and O–H groups in total. The van der Waals surface area contributed by atoms with Gasteiger partial charge in [-0.1, -0.05) is 26.0 Å². The average molecular weight is 310 g/mol. The van der Waals surface area contributed by atoms with Crippen molar-refractivity contribution in [2.45, 2.75) is 24.7 Å². The van der Waals surface area contributed by atoms with Crippen molar-refractivity contribution in [3.63, 3.8) is 0 Å². The van der Waals surface area contributed by atoms with Crippen LogP contribution in [0, 0.1) is 0 Å². The van der Waals surface area contributed by atoms with Gasteiger partial charge in [-0.15, -0.1) is 11.3 Å². The second kappa shape index (κ2) is 6.37. The van der Waals surface area contributed by atoms with Gasteiger partial charge in [0.25, 0.3) is 0 Å². The number of sulfone groups is 1. The summed E-state index contributed by atoms with van der Waals surface area (Å²) in [7, 11) is -3.21. The van der Waals surface area contributed by atoms with Gasteiger partial charge in [-0.2, -0.15) is 0 Å². The standard InChI is InChI=1S/C14H18N2O2S2/c1-3-20(17,18)13-7-5-4-6-12(13)16-10-11(2)14-15-8-9-19-14/h4-9,11,16H,3,10H2,1-2H3. The van der Waals surface area contributed by atoms with Crippen molar-refractivity contribution in [1.82, 2.24) is 4.98 Å². The Hall–Kier alpha value is -1.40. The number of para-hydroxylation sites is 1. The fourth-order valence-corrected chi connectivity index (χ4v) is 3.64. The highest BCUT2D eigenvalue weighted by atomic mass is 32.2. The highest BCUT2D eigenvalue weighted by Crippen LogP contribution is 2.24. The number of thiazole rings is 1. The Kier molecular flexibility index (Phi) is 4.77. The van der Waals surface area contributed by atoms with Crippen LogP contribution in [-0.4, -0.2) is 25.7 Å². The molecular formula is C14H18N2O2S2. The number of nitrogens with zero attached hydrogens (tertiary/aromatic N) is 1. The lowest BCUT2D eigenvalue weighted by Crippen LogP contribution is -2.13. The summed E-state index contributed by atoms with van der Waals surface area (Å²) in [5.41, 5.74) is 0.665. The third kappa shape index (κ3) is 3.37. The monoisotopic (exact) mass is 310 g/mol. The second-order valence-electron chi connectivity index (χ2n) is 4.55. The van der Waals surface area contributed by atoms with Gasteiger partial charge in [0.15, 0.2) is 9.84 Å². The van der Waals surface area contributed by atoms with Gasteiger partial charge in [0, 0.05) is 24.0 Å². The molecule has 0 fully saturated rings. The van der Waals surface area contributed by atoms with Crippen molar-refractivity contribution in [1.29, 1.82) is 0 Å². The van der Waals surface area contributed by atoms with E-state index in [1.807, 2.05) is 11.4 Å². The van der Waals surface area contributed by atoms with Gasteiger partial charge in [0.05, 0.1) is 21.3 Å². The van der Waals surface area contributed by atoms with Crippen LogP contribution in [0.4, 0.5) is 5.69 Å². The van der Waals surface area contributed by atoms with E-state index in [-0.39, 0.29) is 11.7 Å². The van der Waals surface area contributed by atoms with Crippen LogP contribution in [0.2, 0.25) is 0 Å². The van der Waals surface area contributed by atoms with Crippen molar-refractivity contribution in [2.75, 3.05) is 17.6 Å². The van der Waals surface area contributed by atoms with E-state index in [1.54, 1.807) is 42.7 Å². The number of benzene rings is 1. The van der Waals surface area contributed by atoms with Crippen LogP contribution in [-0.2, 0) is 9.84 Å². The normalized spacial score (nSPS) is 13.1. The molecule has 1 unspecified atom stereocenters. The van der Waals surface area contributed by atoms with E-state index in [4.69, 9.17) is 0 Å². The van der Waals surface area contributed by atoms with E-state index in [0.29, 0.717) is 17.1 Å². The molecule has 2 rings (SSSR count). The third-order valence-electron chi connectivity index (χ3n) is 3.07. The van der Waals surface area contributed by atoms with Gasteiger partial charge in [0.2, 0.25) is 0 Å². The molecule has 6 heteroatoms. The lowest BCUT2D eigenvalue weighted by Gasteiger charge is -2.14. The topological polar surface area (TPSA) is 59.1 Å². The molecule has 2 aromatic rings. The first kappa shape index (κ1) is 15.0. The van der Waals surface area contributed by atoms with E-state index in [1.165, 1.54) is 0 Å². The molecule has 0 aliphatic heterocycles. The SMILES string of the molecule is CCS(=O)(=O)c1ccccc1NCC(C)c1nccs1. The molecule has 0 radical (unpaired) electrons. The van der Waals surface area contributed by atoms with Gasteiger partial charge in [-0.3, -0.25) is 0 Å². The first-order chi connectivity index (χ1) is 9.54. The molecule has 1 heterocycles. The molecule has 1 aromatic heterocycles. The minimum atomic E-state index is -3.21. The summed E-state index contributed by atoms with van der Waals surface area (Å²) >= 11 is 1.61. The van der Waals surface area contributed by atoms with Crippen LogP contribution in [0.3, 0.4) is 0 Å². The fourth-order valence-electron chi connectivity index (χ4n) is 1.87. The van der Waals surface area contributed by atoms with Gasteiger partial charge in [-0.25, -0.2) is 13.4 Å². The minimum Gasteiger partial charge on any atom is -0.383 e. The van der Waals surface area contributed by atoms with Crippen molar-refractivity contribution < 1.29 is 8.42 Å². The number of hydrogen-bond acceptors (Lipinski definition) is 5. The number of hydrogen-bond donors (Lipinski definition) is 1. The zero-order valence-corrected chi connectivity index (χ0v) is 13.2.